The molecule has 0 spiro atoms. The second-order valence-corrected chi connectivity index (χ2v) is 4.39. The number of H-pyrrole nitrogens is 3. The summed E-state index contributed by atoms with van der Waals surface area (Å²) in [4.78, 5) is 34.2. The first-order valence-electron chi connectivity index (χ1n) is 5.64. The molecule has 2 aromatic heterocycles. The third-order valence-corrected chi connectivity index (χ3v) is 2.86. The van der Waals surface area contributed by atoms with Gasteiger partial charge >= 0.3 is 5.69 Å². The van der Waals surface area contributed by atoms with Gasteiger partial charge in [-0.05, 0) is 25.3 Å². The Balaban J connectivity index is 1.82. The number of rotatable bonds is 4. The Morgan fingerprint density at radius 1 is 1.24 bits per heavy atom. The highest BCUT2D eigenvalue weighted by Crippen LogP contribution is 2.27. The van der Waals surface area contributed by atoms with E-state index in [-0.39, 0.29) is 0 Å². The summed E-state index contributed by atoms with van der Waals surface area (Å²) in [6.45, 7) is 1.55. The van der Waals surface area contributed by atoms with Crippen LogP contribution in [0.4, 0.5) is 0 Å². The highest BCUT2D eigenvalue weighted by Gasteiger charge is 2.20. The molecule has 0 aromatic carbocycles. The van der Waals surface area contributed by atoms with E-state index in [1.54, 1.807) is 0 Å². The van der Waals surface area contributed by atoms with Crippen molar-refractivity contribution in [2.75, 3.05) is 6.54 Å². The largest absolute Gasteiger partial charge is 0.335 e. The lowest BCUT2D eigenvalue weighted by Crippen LogP contribution is -2.21. The topological polar surface area (TPSA) is 106 Å². The Bertz CT molecular complexity index is 648. The molecule has 1 fully saturated rings. The molecule has 0 amide bonds. The van der Waals surface area contributed by atoms with Gasteiger partial charge in [0, 0.05) is 0 Å². The Hall–Kier alpha value is -1.89. The van der Waals surface area contributed by atoms with Gasteiger partial charge in [0.2, 0.25) is 0 Å². The summed E-state index contributed by atoms with van der Waals surface area (Å²) in [6.07, 6.45) is 2.58. The number of nitrogens with one attached hydrogen (secondary N) is 4. The number of hydrogen-bond donors (Lipinski definition) is 4. The third kappa shape index (κ3) is 2.14. The van der Waals surface area contributed by atoms with E-state index in [1.807, 2.05) is 0 Å². The molecule has 0 atom stereocenters. The summed E-state index contributed by atoms with van der Waals surface area (Å²) in [5, 5.41) is 3.26. The zero-order valence-electron chi connectivity index (χ0n) is 9.17. The maximum Gasteiger partial charge on any atom is 0.327 e. The highest BCUT2D eigenvalue weighted by molar-refractivity contribution is 5.68. The molecule has 1 aliphatic carbocycles. The van der Waals surface area contributed by atoms with Crippen LogP contribution in [-0.4, -0.2) is 26.5 Å². The zero-order valence-corrected chi connectivity index (χ0v) is 9.17. The number of imidazole rings is 1. The maximum atomic E-state index is 11.4. The van der Waals surface area contributed by atoms with Crippen molar-refractivity contribution in [3.8, 4) is 0 Å². The summed E-state index contributed by atoms with van der Waals surface area (Å²) in [7, 11) is 0. The van der Waals surface area contributed by atoms with E-state index in [9.17, 15) is 9.59 Å². The van der Waals surface area contributed by atoms with Crippen molar-refractivity contribution in [1.82, 2.24) is 25.3 Å². The molecule has 0 unspecified atom stereocenters. The molecule has 0 aliphatic heterocycles. The molecule has 2 aromatic rings. The van der Waals surface area contributed by atoms with Crippen LogP contribution in [0.3, 0.4) is 0 Å². The molecule has 90 valence electrons. The smallest absolute Gasteiger partial charge is 0.327 e. The summed E-state index contributed by atoms with van der Waals surface area (Å²) in [5.74, 6) is 1.45. The maximum absolute atomic E-state index is 11.4. The van der Waals surface area contributed by atoms with Crippen LogP contribution in [0.25, 0.3) is 11.2 Å². The first-order chi connectivity index (χ1) is 8.22. The Morgan fingerprint density at radius 3 is 2.82 bits per heavy atom. The number of nitrogens with zero attached hydrogens (tertiary/aromatic N) is 1. The molecule has 1 saturated carbocycles. The van der Waals surface area contributed by atoms with Gasteiger partial charge in [-0.15, -0.1) is 0 Å². The average molecular weight is 235 g/mol. The van der Waals surface area contributed by atoms with Gasteiger partial charge in [-0.25, -0.2) is 9.78 Å². The summed E-state index contributed by atoms with van der Waals surface area (Å²) >= 11 is 0. The van der Waals surface area contributed by atoms with Gasteiger partial charge in [0.1, 0.15) is 11.3 Å². The fraction of sp³-hybridized carbons (Fsp3) is 0.500. The number of fused-ring (bicyclic) bond motifs is 1. The van der Waals surface area contributed by atoms with Crippen molar-refractivity contribution in [3.05, 3.63) is 26.7 Å². The second kappa shape index (κ2) is 3.85. The van der Waals surface area contributed by atoms with Crippen molar-refractivity contribution in [2.45, 2.75) is 19.4 Å². The number of hydrogen-bond acceptors (Lipinski definition) is 4. The molecular formula is C10H13N5O2. The van der Waals surface area contributed by atoms with Crippen molar-refractivity contribution in [3.63, 3.8) is 0 Å². The summed E-state index contributed by atoms with van der Waals surface area (Å²) < 4.78 is 0. The molecule has 7 heteroatoms. The van der Waals surface area contributed by atoms with Crippen LogP contribution < -0.4 is 16.6 Å². The van der Waals surface area contributed by atoms with E-state index in [0.29, 0.717) is 23.5 Å². The Kier molecular flexibility index (Phi) is 2.32. The molecular weight excluding hydrogens is 222 g/mol. The Labute approximate surface area is 95.7 Å². The standard InChI is InChI=1S/C10H13N5O2/c16-9-7-8(14-10(17)15-9)13-6(12-7)4-11-3-5-1-2-5/h5,11H,1-4H2,(H3,12,13,14,15,16,17). The predicted molar refractivity (Wildman–Crippen MR) is 61.8 cm³/mol. The lowest BCUT2D eigenvalue weighted by atomic mass is 10.4. The molecule has 7 nitrogen and oxygen atoms in total. The fourth-order valence-corrected chi connectivity index (χ4v) is 1.78. The van der Waals surface area contributed by atoms with E-state index >= 15 is 0 Å². The van der Waals surface area contributed by atoms with Gasteiger partial charge in [0.25, 0.3) is 5.56 Å². The fourth-order valence-electron chi connectivity index (χ4n) is 1.78. The van der Waals surface area contributed by atoms with Crippen molar-refractivity contribution in [1.29, 1.82) is 0 Å². The van der Waals surface area contributed by atoms with E-state index in [4.69, 9.17) is 0 Å². The SMILES string of the molecule is O=c1[nH]c(=O)c2[nH]c(CNCC3CC3)nc2[nH]1. The van der Waals surface area contributed by atoms with Crippen molar-refractivity contribution in [2.24, 2.45) is 5.92 Å². The van der Waals surface area contributed by atoms with E-state index in [2.05, 4.69) is 25.3 Å². The third-order valence-electron chi connectivity index (χ3n) is 2.86. The van der Waals surface area contributed by atoms with Crippen LogP contribution in [0.2, 0.25) is 0 Å². The normalized spacial score (nSPS) is 15.5. The minimum Gasteiger partial charge on any atom is -0.335 e. The van der Waals surface area contributed by atoms with Gasteiger partial charge in [-0.1, -0.05) is 0 Å². The quantitative estimate of drug-likeness (QED) is 0.569. The monoisotopic (exact) mass is 235 g/mol. The first-order valence-corrected chi connectivity index (χ1v) is 5.64. The second-order valence-electron chi connectivity index (χ2n) is 4.39. The highest BCUT2D eigenvalue weighted by atomic mass is 16.2. The van der Waals surface area contributed by atoms with Crippen LogP contribution in [0.1, 0.15) is 18.7 Å². The van der Waals surface area contributed by atoms with E-state index < -0.39 is 11.2 Å². The minimum absolute atomic E-state index is 0.307. The zero-order chi connectivity index (χ0) is 11.8. The van der Waals surface area contributed by atoms with Gasteiger partial charge in [0.05, 0.1) is 6.54 Å². The Morgan fingerprint density at radius 2 is 2.06 bits per heavy atom. The van der Waals surface area contributed by atoms with Crippen LogP contribution in [0, 0.1) is 5.92 Å². The molecule has 0 bridgehead atoms. The van der Waals surface area contributed by atoms with E-state index in [1.165, 1.54) is 12.8 Å². The molecule has 3 rings (SSSR count). The van der Waals surface area contributed by atoms with Gasteiger partial charge in [-0.2, -0.15) is 0 Å². The number of aromatic nitrogens is 4. The van der Waals surface area contributed by atoms with Gasteiger partial charge in [-0.3, -0.25) is 14.8 Å². The minimum atomic E-state index is -0.536. The summed E-state index contributed by atoms with van der Waals surface area (Å²) in [5.41, 5.74) is -0.356. The predicted octanol–water partition coefficient (Wildman–Crippen LogP) is -0.561. The number of aromatic amines is 3. The van der Waals surface area contributed by atoms with Crippen LogP contribution >= 0.6 is 0 Å². The van der Waals surface area contributed by atoms with Gasteiger partial charge < -0.3 is 10.3 Å². The average Bonchev–Trinajstić information content (AvgIpc) is 2.98. The lowest BCUT2D eigenvalue weighted by Gasteiger charge is -1.98. The van der Waals surface area contributed by atoms with Gasteiger partial charge in [0.15, 0.2) is 5.65 Å². The molecule has 0 saturated heterocycles. The molecule has 4 N–H and O–H groups in total. The van der Waals surface area contributed by atoms with Crippen LogP contribution in [0.5, 0.6) is 0 Å². The summed E-state index contributed by atoms with van der Waals surface area (Å²) in [6, 6.07) is 0. The molecule has 0 radical (unpaired) electrons. The first kappa shape index (κ1) is 10.3. The molecule has 2 heterocycles. The lowest BCUT2D eigenvalue weighted by molar-refractivity contribution is 0.624. The van der Waals surface area contributed by atoms with Crippen LogP contribution in [0.15, 0.2) is 9.59 Å². The van der Waals surface area contributed by atoms with E-state index in [0.717, 1.165) is 12.5 Å². The molecule has 1 aliphatic rings. The van der Waals surface area contributed by atoms with Crippen LogP contribution in [-0.2, 0) is 6.54 Å². The van der Waals surface area contributed by atoms with Crippen molar-refractivity contribution < 1.29 is 0 Å². The molecule has 17 heavy (non-hydrogen) atoms. The van der Waals surface area contributed by atoms with Crippen molar-refractivity contribution >= 4 is 11.2 Å².